The Bertz CT molecular complexity index is 2140. The van der Waals surface area contributed by atoms with Crippen molar-refractivity contribution in [3.63, 3.8) is 0 Å². The average Bonchev–Trinajstić information content (AvgIpc) is 0.783. The average molecular weight is 1420 g/mol. The second-order valence-corrected chi connectivity index (χ2v) is 28.1. The zero-order chi connectivity index (χ0) is 72.5. The number of carbonyl (C=O) groups is 1. The Balaban J connectivity index is 1.40. The smallest absolute Gasteiger partial charge is 0.220 e. The number of nitrogens with one attached hydrogen (secondary N) is 1. The number of ether oxygens (including phenoxy) is 6. The number of hydrogen-bond donors (Lipinski definition) is 12. The fourth-order valence-corrected chi connectivity index (χ4v) is 13.0. The van der Waals surface area contributed by atoms with Gasteiger partial charge in [0.15, 0.2) is 18.9 Å². The fourth-order valence-electron chi connectivity index (χ4n) is 13.0. The first-order chi connectivity index (χ1) is 48.8. The second kappa shape index (κ2) is 61.2. The van der Waals surface area contributed by atoms with Crippen LogP contribution in [0.4, 0.5) is 0 Å². The number of hydrogen-bond acceptors (Lipinski definition) is 18. The van der Waals surface area contributed by atoms with Crippen LogP contribution in [0, 0.1) is 0 Å². The van der Waals surface area contributed by atoms with Gasteiger partial charge in [0, 0.05) is 6.42 Å². The third kappa shape index (κ3) is 41.0. The van der Waals surface area contributed by atoms with E-state index in [2.05, 4.69) is 92.1 Å². The topological polar surface area (TPSA) is 307 Å². The van der Waals surface area contributed by atoms with Gasteiger partial charge in [0.05, 0.1) is 38.6 Å². The van der Waals surface area contributed by atoms with Crippen LogP contribution in [-0.4, -0.2) is 193 Å². The SMILES string of the molecule is CC/C=C\C/C=C\C/C=C\C/C=C\CCCCCCCCCCCCC(=O)NC(COC1OC(CO)C(OC2OC(CO)C(OC3OC(CO)C(O)C(O)C3O)C(O)C2O)C(O)C1O)C(O)/C=C/CC/C=C/CC/C=C/CCCCCCCCCCCCCCCCCCCCCCCC. The maximum Gasteiger partial charge on any atom is 0.220 e. The van der Waals surface area contributed by atoms with Crippen molar-refractivity contribution in [2.75, 3.05) is 26.4 Å². The third-order valence-corrected chi connectivity index (χ3v) is 19.4. The summed E-state index contributed by atoms with van der Waals surface area (Å²) in [7, 11) is 0. The van der Waals surface area contributed by atoms with Crippen LogP contribution in [0.3, 0.4) is 0 Å². The lowest BCUT2D eigenvalue weighted by Crippen LogP contribution is -2.66. The predicted molar refractivity (Wildman–Crippen MR) is 397 cm³/mol. The number of allylic oxidation sites excluding steroid dienone is 13. The molecular formula is C81H143NO18. The van der Waals surface area contributed by atoms with Gasteiger partial charge in [-0.15, -0.1) is 0 Å². The largest absolute Gasteiger partial charge is 0.394 e. The Kier molecular flexibility index (Phi) is 55.8. The van der Waals surface area contributed by atoms with Crippen molar-refractivity contribution in [2.45, 2.75) is 394 Å². The summed E-state index contributed by atoms with van der Waals surface area (Å²) in [5.41, 5.74) is 0. The summed E-state index contributed by atoms with van der Waals surface area (Å²) in [6.45, 7) is 1.62. The second-order valence-electron chi connectivity index (χ2n) is 28.1. The Hall–Kier alpha value is -3.03. The molecule has 19 nitrogen and oxygen atoms in total. The monoisotopic (exact) mass is 1420 g/mol. The van der Waals surface area contributed by atoms with Crippen molar-refractivity contribution in [2.24, 2.45) is 0 Å². The van der Waals surface area contributed by atoms with E-state index in [4.69, 9.17) is 28.4 Å². The van der Waals surface area contributed by atoms with Gasteiger partial charge in [0.2, 0.25) is 5.91 Å². The maximum absolute atomic E-state index is 13.5. The molecule has 12 N–H and O–H groups in total. The van der Waals surface area contributed by atoms with E-state index in [1.165, 1.54) is 173 Å². The summed E-state index contributed by atoms with van der Waals surface area (Å²) in [6.07, 6.45) is 54.3. The lowest BCUT2D eigenvalue weighted by atomic mass is 9.96. The first-order valence-corrected chi connectivity index (χ1v) is 39.8. The normalized spacial score (nSPS) is 26.9. The van der Waals surface area contributed by atoms with Gasteiger partial charge >= 0.3 is 0 Å². The molecule has 3 heterocycles. The van der Waals surface area contributed by atoms with Crippen molar-refractivity contribution >= 4 is 5.91 Å². The van der Waals surface area contributed by atoms with Gasteiger partial charge < -0.3 is 89.9 Å². The molecule has 19 heteroatoms. The number of rotatable bonds is 62. The predicted octanol–water partition coefficient (Wildman–Crippen LogP) is 13.0. The minimum atomic E-state index is -1.99. The van der Waals surface area contributed by atoms with Crippen molar-refractivity contribution in [3.05, 3.63) is 85.1 Å². The summed E-state index contributed by atoms with van der Waals surface area (Å²) in [5, 5.41) is 121. The van der Waals surface area contributed by atoms with Crippen LogP contribution in [0.1, 0.15) is 290 Å². The standard InChI is InChI=1S/C81H143NO18/c1-3-5-7-9-11-13-15-17-19-21-23-25-27-28-29-30-31-32-33-34-35-37-38-40-42-44-46-48-50-52-54-56-58-65(86)64(82-69(87)59-57-55-53-51-49-47-45-43-41-39-36-26-24-22-20-18-16-14-12-10-8-6-4-2)63-95-79-75(93)72(90)77(67(61-84)97-79)100-81-76(94)73(91)78(68(62-85)98-81)99-80-74(92)71(89)70(88)66(60-83)96-80/h6,8,12,14,18,20,24,26,40,42,48,50,56,58,64-68,70-81,83-86,88-94H,3-5,7,9-11,13,15-17,19,21-23,25,27-39,41,43-47,49,51-55,57,59-63H2,1-2H3,(H,82,87)/b8-6-,14-12-,20-18-,26-24-,42-40+,50-48+,58-56+. The summed E-state index contributed by atoms with van der Waals surface area (Å²) in [4.78, 5) is 13.5. The number of aliphatic hydroxyl groups is 11. The van der Waals surface area contributed by atoms with Gasteiger partial charge in [-0.05, 0) is 83.5 Å². The highest BCUT2D eigenvalue weighted by Gasteiger charge is 2.53. The summed E-state index contributed by atoms with van der Waals surface area (Å²) in [5.74, 6) is -0.295. The summed E-state index contributed by atoms with van der Waals surface area (Å²) in [6, 6.07) is -1.01. The molecule has 0 saturated carbocycles. The Morgan fingerprint density at radius 1 is 0.370 bits per heavy atom. The molecule has 3 fully saturated rings. The summed E-state index contributed by atoms with van der Waals surface area (Å²) < 4.78 is 34.4. The van der Waals surface area contributed by atoms with Gasteiger partial charge in [-0.25, -0.2) is 0 Å². The minimum Gasteiger partial charge on any atom is -0.394 e. The van der Waals surface area contributed by atoms with E-state index >= 15 is 0 Å². The van der Waals surface area contributed by atoms with Crippen molar-refractivity contribution in [3.8, 4) is 0 Å². The molecule has 0 radical (unpaired) electrons. The molecule has 0 aromatic heterocycles. The van der Waals surface area contributed by atoms with Gasteiger partial charge in [0.1, 0.15) is 73.2 Å². The van der Waals surface area contributed by atoms with Crippen LogP contribution >= 0.6 is 0 Å². The molecule has 17 atom stereocenters. The molecule has 0 aliphatic carbocycles. The van der Waals surface area contributed by atoms with E-state index in [9.17, 15) is 61.0 Å². The third-order valence-electron chi connectivity index (χ3n) is 19.4. The molecule has 0 spiro atoms. The van der Waals surface area contributed by atoms with E-state index in [0.717, 1.165) is 83.5 Å². The molecule has 0 aromatic carbocycles. The minimum absolute atomic E-state index is 0.223. The Morgan fingerprint density at radius 3 is 1.12 bits per heavy atom. The van der Waals surface area contributed by atoms with Crippen LogP contribution in [0.15, 0.2) is 85.1 Å². The molecule has 0 aromatic rings. The molecule has 0 bridgehead atoms. The zero-order valence-corrected chi connectivity index (χ0v) is 61.9. The van der Waals surface area contributed by atoms with Crippen LogP contribution < -0.4 is 5.32 Å². The molecule has 17 unspecified atom stereocenters. The van der Waals surface area contributed by atoms with E-state index < -0.39 is 124 Å². The molecule has 3 saturated heterocycles. The number of unbranched alkanes of at least 4 members (excludes halogenated alkanes) is 34. The van der Waals surface area contributed by atoms with Crippen LogP contribution in [0.25, 0.3) is 0 Å². The first kappa shape index (κ1) is 91.2. The summed E-state index contributed by atoms with van der Waals surface area (Å²) >= 11 is 0. The Morgan fingerprint density at radius 2 is 0.700 bits per heavy atom. The lowest BCUT2D eigenvalue weighted by molar-refractivity contribution is -0.379. The van der Waals surface area contributed by atoms with E-state index in [-0.39, 0.29) is 18.9 Å². The molecule has 3 rings (SSSR count). The molecule has 1 amide bonds. The van der Waals surface area contributed by atoms with Crippen LogP contribution in [-0.2, 0) is 33.2 Å². The molecule has 580 valence electrons. The molecular weight excluding hydrogens is 1270 g/mol. The van der Waals surface area contributed by atoms with Gasteiger partial charge in [-0.3, -0.25) is 4.79 Å². The fraction of sp³-hybridized carbons (Fsp3) is 0.815. The first-order valence-electron chi connectivity index (χ1n) is 39.8. The lowest BCUT2D eigenvalue weighted by Gasteiger charge is -2.48. The van der Waals surface area contributed by atoms with Crippen LogP contribution in [0.2, 0.25) is 0 Å². The molecule has 3 aliphatic rings. The number of aliphatic hydroxyl groups excluding tert-OH is 11. The number of carbonyl (C=O) groups excluding carboxylic acids is 1. The highest BCUT2D eigenvalue weighted by molar-refractivity contribution is 5.76. The quantitative estimate of drug-likeness (QED) is 0.0199. The van der Waals surface area contributed by atoms with Crippen molar-refractivity contribution < 1.29 is 89.4 Å². The highest BCUT2D eigenvalue weighted by atomic mass is 16.8. The number of amides is 1. The maximum atomic E-state index is 13.5. The Labute approximate surface area is 603 Å². The van der Waals surface area contributed by atoms with E-state index in [1.54, 1.807) is 6.08 Å². The van der Waals surface area contributed by atoms with Gasteiger partial charge in [0.25, 0.3) is 0 Å². The molecule has 100 heavy (non-hydrogen) atoms. The van der Waals surface area contributed by atoms with E-state index in [0.29, 0.717) is 12.8 Å². The molecule has 3 aliphatic heterocycles. The van der Waals surface area contributed by atoms with Gasteiger partial charge in [-0.2, -0.15) is 0 Å². The van der Waals surface area contributed by atoms with Crippen LogP contribution in [0.5, 0.6) is 0 Å². The van der Waals surface area contributed by atoms with Gasteiger partial charge in [-0.1, -0.05) is 285 Å². The van der Waals surface area contributed by atoms with Crippen molar-refractivity contribution in [1.29, 1.82) is 0 Å². The van der Waals surface area contributed by atoms with E-state index in [1.807, 2.05) is 6.08 Å². The zero-order valence-electron chi connectivity index (χ0n) is 61.9. The highest BCUT2D eigenvalue weighted by Crippen LogP contribution is 2.33. The van der Waals surface area contributed by atoms with Crippen molar-refractivity contribution in [1.82, 2.24) is 5.32 Å².